The van der Waals surface area contributed by atoms with Gasteiger partial charge in [-0.05, 0) is 31.0 Å². The van der Waals surface area contributed by atoms with Crippen LogP contribution in [-0.4, -0.2) is 30.9 Å². The summed E-state index contributed by atoms with van der Waals surface area (Å²) in [6.45, 7) is 0. The van der Waals surface area contributed by atoms with Crippen molar-refractivity contribution in [2.75, 3.05) is 16.8 Å². The van der Waals surface area contributed by atoms with Crippen molar-refractivity contribution in [2.45, 2.75) is 18.9 Å². The molecule has 6 heteroatoms. The molecule has 1 saturated heterocycles. The average Bonchev–Trinajstić information content (AvgIpc) is 2.79. The van der Waals surface area contributed by atoms with Gasteiger partial charge in [-0.15, -0.1) is 11.3 Å². The van der Waals surface area contributed by atoms with E-state index in [0.29, 0.717) is 24.3 Å². The lowest BCUT2D eigenvalue weighted by Crippen LogP contribution is -2.32. The molecule has 0 spiro atoms. The van der Waals surface area contributed by atoms with Gasteiger partial charge in [0.1, 0.15) is 9.84 Å². The molecule has 1 aliphatic rings. The van der Waals surface area contributed by atoms with Crippen molar-refractivity contribution < 1.29 is 8.42 Å². The zero-order valence-corrected chi connectivity index (χ0v) is 11.4. The number of rotatable bonds is 2. The van der Waals surface area contributed by atoms with Crippen molar-refractivity contribution in [1.29, 1.82) is 0 Å². The van der Waals surface area contributed by atoms with Crippen LogP contribution in [0.1, 0.15) is 12.8 Å². The minimum atomic E-state index is -2.78. The van der Waals surface area contributed by atoms with Crippen LogP contribution in [-0.2, 0) is 9.84 Å². The Hall–Kier alpha value is -1.14. The highest BCUT2D eigenvalue weighted by molar-refractivity contribution is 7.91. The minimum absolute atomic E-state index is 0.263. The summed E-state index contributed by atoms with van der Waals surface area (Å²) < 4.78 is 23.9. The number of nitrogens with zero attached hydrogens (tertiary/aromatic N) is 1. The van der Waals surface area contributed by atoms with Gasteiger partial charge in [0.05, 0.1) is 27.2 Å². The number of benzene rings is 1. The minimum Gasteiger partial charge on any atom is -0.382 e. The van der Waals surface area contributed by atoms with Crippen LogP contribution in [0.25, 0.3) is 10.2 Å². The van der Waals surface area contributed by atoms with Crippen LogP contribution in [0.5, 0.6) is 0 Å². The third-order valence-electron chi connectivity index (χ3n) is 3.26. The molecular formula is C12H14N2O2S2. The number of hydrogen-bond acceptors (Lipinski definition) is 5. The summed E-state index contributed by atoms with van der Waals surface area (Å²) in [5.74, 6) is 0.598. The van der Waals surface area contributed by atoms with E-state index < -0.39 is 9.84 Å². The highest BCUT2D eigenvalue weighted by atomic mass is 32.2. The lowest BCUT2D eigenvalue weighted by molar-refractivity contribution is 0.559. The standard InChI is InChI=1S/C12H14N2O2S2/c15-18(16)5-3-9(4-6-18)14-10-1-2-11-12(7-10)17-8-13-11/h1-2,7-9,14H,3-6H2. The van der Waals surface area contributed by atoms with E-state index in [0.717, 1.165) is 15.9 Å². The second-order valence-corrected chi connectivity index (χ2v) is 7.80. The van der Waals surface area contributed by atoms with Crippen molar-refractivity contribution in [3.8, 4) is 0 Å². The molecule has 18 heavy (non-hydrogen) atoms. The van der Waals surface area contributed by atoms with Crippen LogP contribution < -0.4 is 5.32 Å². The maximum atomic E-state index is 11.4. The third kappa shape index (κ3) is 2.49. The maximum Gasteiger partial charge on any atom is 0.150 e. The topological polar surface area (TPSA) is 59.1 Å². The molecule has 2 aromatic rings. The SMILES string of the molecule is O=S1(=O)CCC(Nc2ccc3ncsc3c2)CC1. The Bertz CT molecular complexity index is 650. The molecule has 1 aliphatic heterocycles. The zero-order chi connectivity index (χ0) is 12.6. The van der Waals surface area contributed by atoms with E-state index in [2.05, 4.69) is 16.4 Å². The van der Waals surface area contributed by atoms with Gasteiger partial charge in [0.15, 0.2) is 0 Å². The molecular weight excluding hydrogens is 268 g/mol. The summed E-state index contributed by atoms with van der Waals surface area (Å²) in [6.07, 6.45) is 1.39. The summed E-state index contributed by atoms with van der Waals surface area (Å²) >= 11 is 1.62. The van der Waals surface area contributed by atoms with Crippen LogP contribution in [0.2, 0.25) is 0 Å². The molecule has 1 aromatic heterocycles. The van der Waals surface area contributed by atoms with Crippen LogP contribution >= 0.6 is 11.3 Å². The lowest BCUT2D eigenvalue weighted by Gasteiger charge is -2.24. The van der Waals surface area contributed by atoms with Crippen LogP contribution in [0.15, 0.2) is 23.7 Å². The number of thiazole rings is 1. The van der Waals surface area contributed by atoms with Crippen molar-refractivity contribution >= 4 is 37.1 Å². The summed E-state index contributed by atoms with van der Waals surface area (Å²) in [4.78, 5) is 4.24. The molecule has 3 rings (SSSR count). The van der Waals surface area contributed by atoms with Gasteiger partial charge in [0, 0.05) is 11.7 Å². The number of fused-ring (bicyclic) bond motifs is 1. The first-order chi connectivity index (χ1) is 8.62. The van der Waals surface area contributed by atoms with E-state index >= 15 is 0 Å². The third-order valence-corrected chi connectivity index (χ3v) is 5.76. The smallest absolute Gasteiger partial charge is 0.150 e. The molecule has 0 saturated carbocycles. The van der Waals surface area contributed by atoms with E-state index in [4.69, 9.17) is 0 Å². The molecule has 0 unspecified atom stereocenters. The van der Waals surface area contributed by atoms with Crippen LogP contribution in [0.4, 0.5) is 5.69 Å². The highest BCUT2D eigenvalue weighted by Gasteiger charge is 2.23. The lowest BCUT2D eigenvalue weighted by atomic mass is 10.1. The van der Waals surface area contributed by atoms with Crippen LogP contribution in [0, 0.1) is 0 Å². The van der Waals surface area contributed by atoms with Gasteiger partial charge < -0.3 is 5.32 Å². The number of sulfone groups is 1. The molecule has 0 aliphatic carbocycles. The quantitative estimate of drug-likeness (QED) is 0.918. The fraction of sp³-hybridized carbons (Fsp3) is 0.417. The van der Waals surface area contributed by atoms with E-state index in [1.807, 2.05) is 17.6 Å². The van der Waals surface area contributed by atoms with Gasteiger partial charge in [-0.1, -0.05) is 0 Å². The molecule has 0 amide bonds. The van der Waals surface area contributed by atoms with Gasteiger partial charge in [0.2, 0.25) is 0 Å². The Labute approximate surface area is 110 Å². The van der Waals surface area contributed by atoms with Crippen molar-refractivity contribution in [3.05, 3.63) is 23.7 Å². The van der Waals surface area contributed by atoms with E-state index in [-0.39, 0.29) is 6.04 Å². The molecule has 0 bridgehead atoms. The number of hydrogen-bond donors (Lipinski definition) is 1. The Kier molecular flexibility index (Phi) is 2.99. The largest absolute Gasteiger partial charge is 0.382 e. The maximum absolute atomic E-state index is 11.4. The average molecular weight is 282 g/mol. The number of anilines is 1. The number of aromatic nitrogens is 1. The molecule has 1 N–H and O–H groups in total. The zero-order valence-electron chi connectivity index (χ0n) is 9.80. The molecule has 1 aromatic carbocycles. The van der Waals surface area contributed by atoms with Gasteiger partial charge in [-0.3, -0.25) is 0 Å². The number of nitrogens with one attached hydrogen (secondary N) is 1. The summed E-state index contributed by atoms with van der Waals surface area (Å²) in [6, 6.07) is 6.34. The van der Waals surface area contributed by atoms with Gasteiger partial charge in [-0.2, -0.15) is 0 Å². The predicted octanol–water partition coefficient (Wildman–Crippen LogP) is 2.29. The molecule has 0 radical (unpaired) electrons. The highest BCUT2D eigenvalue weighted by Crippen LogP contribution is 2.24. The normalized spacial score (nSPS) is 20.0. The summed E-state index contributed by atoms with van der Waals surface area (Å²) in [5, 5.41) is 3.42. The fourth-order valence-corrected chi connectivity index (χ4v) is 4.42. The van der Waals surface area contributed by atoms with Crippen molar-refractivity contribution in [1.82, 2.24) is 4.98 Å². The second-order valence-electron chi connectivity index (χ2n) is 4.61. The Morgan fingerprint density at radius 2 is 2.06 bits per heavy atom. The molecule has 0 atom stereocenters. The summed E-state index contributed by atoms with van der Waals surface area (Å²) in [5.41, 5.74) is 3.90. The van der Waals surface area contributed by atoms with Gasteiger partial charge in [0.25, 0.3) is 0 Å². The Morgan fingerprint density at radius 1 is 1.28 bits per heavy atom. The molecule has 96 valence electrons. The van der Waals surface area contributed by atoms with Gasteiger partial charge in [-0.25, -0.2) is 13.4 Å². The Balaban J connectivity index is 1.72. The summed E-state index contributed by atoms with van der Waals surface area (Å²) in [7, 11) is -2.78. The molecule has 2 heterocycles. The molecule has 4 nitrogen and oxygen atoms in total. The van der Waals surface area contributed by atoms with Crippen molar-refractivity contribution in [3.63, 3.8) is 0 Å². The Morgan fingerprint density at radius 3 is 2.83 bits per heavy atom. The fourth-order valence-electron chi connectivity index (χ4n) is 2.21. The first-order valence-electron chi connectivity index (χ1n) is 5.93. The molecule has 1 fully saturated rings. The van der Waals surface area contributed by atoms with E-state index in [1.165, 1.54) is 0 Å². The van der Waals surface area contributed by atoms with Gasteiger partial charge >= 0.3 is 0 Å². The first kappa shape index (κ1) is 11.9. The first-order valence-corrected chi connectivity index (χ1v) is 8.63. The van der Waals surface area contributed by atoms with E-state index in [1.54, 1.807) is 11.3 Å². The van der Waals surface area contributed by atoms with Crippen LogP contribution in [0.3, 0.4) is 0 Å². The monoisotopic (exact) mass is 282 g/mol. The van der Waals surface area contributed by atoms with E-state index in [9.17, 15) is 8.42 Å². The second kappa shape index (κ2) is 4.51. The predicted molar refractivity (Wildman–Crippen MR) is 74.9 cm³/mol. The van der Waals surface area contributed by atoms with Crippen molar-refractivity contribution in [2.24, 2.45) is 0 Å².